The minimum absolute atomic E-state index is 0.0600. The molecule has 2 aromatic rings. The summed E-state index contributed by atoms with van der Waals surface area (Å²) in [7, 11) is 0. The number of rotatable bonds is 3. The maximum atomic E-state index is 13.8. The molecule has 0 saturated heterocycles. The zero-order chi connectivity index (χ0) is 14.7. The summed E-state index contributed by atoms with van der Waals surface area (Å²) in [4.78, 5) is 12.3. The van der Waals surface area contributed by atoms with Crippen molar-refractivity contribution in [1.29, 1.82) is 5.26 Å². The number of Topliss-reactive ketones (excluding diaryl/α,β-unsaturated/α-hetero) is 1. The van der Waals surface area contributed by atoms with Gasteiger partial charge in [0.1, 0.15) is 17.6 Å². The maximum Gasteiger partial charge on any atom is 0.188 e. The molecule has 0 spiro atoms. The lowest BCUT2D eigenvalue weighted by atomic mass is 9.91. The van der Waals surface area contributed by atoms with Crippen molar-refractivity contribution in [2.45, 2.75) is 5.92 Å². The van der Waals surface area contributed by atoms with E-state index in [2.05, 4.69) is 15.9 Å². The zero-order valence-corrected chi connectivity index (χ0v) is 11.7. The Labute approximate surface area is 122 Å². The lowest BCUT2D eigenvalue weighted by molar-refractivity contribution is 0.0972. The van der Waals surface area contributed by atoms with Gasteiger partial charge in [0.15, 0.2) is 5.78 Å². The van der Waals surface area contributed by atoms with Gasteiger partial charge in [-0.1, -0.05) is 24.3 Å². The molecule has 0 bridgehead atoms. The number of benzene rings is 2. The van der Waals surface area contributed by atoms with Crippen LogP contribution < -0.4 is 0 Å². The first-order valence-electron chi connectivity index (χ1n) is 5.68. The molecule has 0 N–H and O–H groups in total. The van der Waals surface area contributed by atoms with Gasteiger partial charge < -0.3 is 0 Å². The third-order valence-electron chi connectivity index (χ3n) is 2.82. The average molecular weight is 336 g/mol. The van der Waals surface area contributed by atoms with E-state index >= 15 is 0 Å². The highest BCUT2D eigenvalue weighted by Crippen LogP contribution is 2.28. The Bertz CT molecular complexity index is 689. The van der Waals surface area contributed by atoms with Gasteiger partial charge in [-0.3, -0.25) is 4.79 Å². The SMILES string of the molecule is N#CC(C(=O)c1c(F)cccc1Br)c1ccccc1F. The van der Waals surface area contributed by atoms with Gasteiger partial charge in [0.2, 0.25) is 0 Å². The van der Waals surface area contributed by atoms with Crippen molar-refractivity contribution < 1.29 is 13.6 Å². The van der Waals surface area contributed by atoms with Gasteiger partial charge in [-0.25, -0.2) is 8.78 Å². The molecular formula is C15H8BrF2NO. The summed E-state index contributed by atoms with van der Waals surface area (Å²) in [6.07, 6.45) is 0. The molecule has 1 unspecified atom stereocenters. The summed E-state index contributed by atoms with van der Waals surface area (Å²) in [6.45, 7) is 0. The fraction of sp³-hybridized carbons (Fsp3) is 0.0667. The lowest BCUT2D eigenvalue weighted by Crippen LogP contribution is -2.15. The second-order valence-electron chi connectivity index (χ2n) is 4.04. The molecule has 100 valence electrons. The normalized spacial score (nSPS) is 11.7. The van der Waals surface area contributed by atoms with Gasteiger partial charge in [0.05, 0.1) is 11.6 Å². The largest absolute Gasteiger partial charge is 0.292 e. The number of hydrogen-bond donors (Lipinski definition) is 0. The number of nitrogens with zero attached hydrogens (tertiary/aromatic N) is 1. The van der Waals surface area contributed by atoms with Crippen LogP contribution in [0.5, 0.6) is 0 Å². The molecular weight excluding hydrogens is 328 g/mol. The van der Waals surface area contributed by atoms with Crippen molar-refractivity contribution in [2.75, 3.05) is 0 Å². The Hall–Kier alpha value is -2.06. The summed E-state index contributed by atoms with van der Waals surface area (Å²) in [5.74, 6) is -3.58. The van der Waals surface area contributed by atoms with Gasteiger partial charge in [0, 0.05) is 10.0 Å². The maximum absolute atomic E-state index is 13.8. The molecule has 2 rings (SSSR count). The van der Waals surface area contributed by atoms with E-state index in [1.807, 2.05) is 0 Å². The van der Waals surface area contributed by atoms with Crippen LogP contribution in [0.25, 0.3) is 0 Å². The predicted octanol–water partition coefficient (Wildman–Crippen LogP) is 4.22. The molecule has 0 saturated carbocycles. The first-order valence-corrected chi connectivity index (χ1v) is 6.48. The minimum Gasteiger partial charge on any atom is -0.292 e. The Morgan fingerprint density at radius 2 is 1.75 bits per heavy atom. The van der Waals surface area contributed by atoms with Crippen molar-refractivity contribution in [1.82, 2.24) is 0 Å². The number of carbonyl (C=O) groups excluding carboxylic acids is 1. The molecule has 0 radical (unpaired) electrons. The Morgan fingerprint density at radius 3 is 2.35 bits per heavy atom. The van der Waals surface area contributed by atoms with Crippen molar-refractivity contribution in [2.24, 2.45) is 0 Å². The van der Waals surface area contributed by atoms with Crippen LogP contribution in [0, 0.1) is 23.0 Å². The van der Waals surface area contributed by atoms with Crippen molar-refractivity contribution in [3.8, 4) is 6.07 Å². The number of halogens is 3. The second kappa shape index (κ2) is 5.93. The molecule has 20 heavy (non-hydrogen) atoms. The zero-order valence-electron chi connectivity index (χ0n) is 10.1. The van der Waals surface area contributed by atoms with Crippen LogP contribution >= 0.6 is 15.9 Å². The quantitative estimate of drug-likeness (QED) is 0.788. The number of nitriles is 1. The third-order valence-corrected chi connectivity index (χ3v) is 3.48. The van der Waals surface area contributed by atoms with Gasteiger partial charge >= 0.3 is 0 Å². The monoisotopic (exact) mass is 335 g/mol. The number of carbonyl (C=O) groups is 1. The number of hydrogen-bond acceptors (Lipinski definition) is 2. The fourth-order valence-electron chi connectivity index (χ4n) is 1.86. The van der Waals surface area contributed by atoms with Crippen LogP contribution in [-0.4, -0.2) is 5.78 Å². The van der Waals surface area contributed by atoms with E-state index in [4.69, 9.17) is 5.26 Å². The van der Waals surface area contributed by atoms with Gasteiger partial charge in [0.25, 0.3) is 0 Å². The van der Waals surface area contributed by atoms with E-state index in [9.17, 15) is 13.6 Å². The van der Waals surface area contributed by atoms with E-state index in [1.165, 1.54) is 30.3 Å². The summed E-state index contributed by atoms with van der Waals surface area (Å²) in [5, 5.41) is 9.14. The van der Waals surface area contributed by atoms with E-state index < -0.39 is 23.3 Å². The van der Waals surface area contributed by atoms with Crippen LogP contribution in [-0.2, 0) is 0 Å². The van der Waals surface area contributed by atoms with Crippen LogP contribution in [0.2, 0.25) is 0 Å². The summed E-state index contributed by atoms with van der Waals surface area (Å²) >= 11 is 3.07. The first-order chi connectivity index (χ1) is 9.56. The molecule has 2 nitrogen and oxygen atoms in total. The molecule has 0 aromatic heterocycles. The Morgan fingerprint density at radius 1 is 1.10 bits per heavy atom. The highest BCUT2D eigenvalue weighted by Gasteiger charge is 2.28. The van der Waals surface area contributed by atoms with E-state index in [-0.39, 0.29) is 15.6 Å². The van der Waals surface area contributed by atoms with Gasteiger partial charge in [-0.15, -0.1) is 0 Å². The molecule has 0 heterocycles. The molecule has 0 fully saturated rings. The third kappa shape index (κ3) is 2.61. The van der Waals surface area contributed by atoms with Crippen molar-refractivity contribution in [3.63, 3.8) is 0 Å². The van der Waals surface area contributed by atoms with Crippen LogP contribution in [0.3, 0.4) is 0 Å². The topological polar surface area (TPSA) is 40.9 Å². The van der Waals surface area contributed by atoms with Gasteiger partial charge in [-0.05, 0) is 34.1 Å². The molecule has 5 heteroatoms. The van der Waals surface area contributed by atoms with Crippen LogP contribution in [0.4, 0.5) is 8.78 Å². The molecule has 0 aliphatic rings. The first kappa shape index (κ1) is 14.4. The fourth-order valence-corrected chi connectivity index (χ4v) is 2.39. The smallest absolute Gasteiger partial charge is 0.188 e. The molecule has 0 aliphatic heterocycles. The van der Waals surface area contributed by atoms with Gasteiger partial charge in [-0.2, -0.15) is 5.26 Å². The second-order valence-corrected chi connectivity index (χ2v) is 4.90. The predicted molar refractivity (Wildman–Crippen MR) is 73.2 cm³/mol. The van der Waals surface area contributed by atoms with E-state index in [1.54, 1.807) is 6.07 Å². The van der Waals surface area contributed by atoms with Crippen LogP contribution in [0.1, 0.15) is 21.8 Å². The Kier molecular flexibility index (Phi) is 4.26. The Balaban J connectivity index is 2.52. The molecule has 2 aromatic carbocycles. The van der Waals surface area contributed by atoms with E-state index in [0.717, 1.165) is 12.1 Å². The summed E-state index contributed by atoms with van der Waals surface area (Å²) < 4.78 is 27.7. The average Bonchev–Trinajstić information content (AvgIpc) is 2.41. The highest BCUT2D eigenvalue weighted by atomic mass is 79.9. The lowest BCUT2D eigenvalue weighted by Gasteiger charge is -2.11. The minimum atomic E-state index is -1.38. The standard InChI is InChI=1S/C15H8BrF2NO/c16-11-5-3-7-13(18)14(11)15(20)10(8-19)9-4-1-2-6-12(9)17/h1-7,10H. The molecule has 0 amide bonds. The molecule has 1 atom stereocenters. The summed E-state index contributed by atoms with van der Waals surface area (Å²) in [5.41, 5.74) is -0.308. The number of ketones is 1. The highest BCUT2D eigenvalue weighted by molar-refractivity contribution is 9.10. The van der Waals surface area contributed by atoms with Crippen molar-refractivity contribution in [3.05, 3.63) is 69.7 Å². The van der Waals surface area contributed by atoms with E-state index in [0.29, 0.717) is 0 Å². The summed E-state index contributed by atoms with van der Waals surface area (Å²) in [6, 6.07) is 11.3. The van der Waals surface area contributed by atoms with Crippen LogP contribution in [0.15, 0.2) is 46.9 Å². The molecule has 0 aliphatic carbocycles. The van der Waals surface area contributed by atoms with Crippen molar-refractivity contribution >= 4 is 21.7 Å².